The molecule has 3 rings (SSSR count). The second-order valence-corrected chi connectivity index (χ2v) is 6.33. The Kier molecular flexibility index (Phi) is 5.84. The number of nitrogens with zero attached hydrogens (tertiary/aromatic N) is 1. The predicted molar refractivity (Wildman–Crippen MR) is 95.5 cm³/mol. The van der Waals surface area contributed by atoms with E-state index in [1.54, 1.807) is 23.1 Å². The number of piperidine rings is 1. The Hall–Kier alpha value is -2.89. The predicted octanol–water partition coefficient (Wildman–Crippen LogP) is 3.47. The quantitative estimate of drug-likeness (QED) is 0.913. The molecule has 0 aromatic heterocycles. The minimum atomic E-state index is -0.428. The molecule has 2 aromatic rings. The van der Waals surface area contributed by atoms with E-state index in [0.29, 0.717) is 30.9 Å². The fraction of sp³-hybridized carbons (Fsp3) is 0.300. The zero-order valence-electron chi connectivity index (χ0n) is 14.4. The van der Waals surface area contributed by atoms with Crippen LogP contribution in [0.1, 0.15) is 23.2 Å². The Labute approximate surface area is 151 Å². The van der Waals surface area contributed by atoms with E-state index in [1.807, 2.05) is 18.2 Å². The number of nitrogens with one attached hydrogen (secondary N) is 1. The molecule has 6 heteroatoms. The van der Waals surface area contributed by atoms with Gasteiger partial charge in [0.25, 0.3) is 5.91 Å². The van der Waals surface area contributed by atoms with Crippen LogP contribution in [0.5, 0.6) is 5.75 Å². The molecule has 1 heterocycles. The van der Waals surface area contributed by atoms with Crippen LogP contribution in [0.4, 0.5) is 9.18 Å². The molecule has 1 saturated heterocycles. The number of ether oxygens (including phenoxy) is 1. The molecule has 0 saturated carbocycles. The number of para-hydroxylation sites is 1. The standard InChI is InChI=1S/C20H21FN2O3/c21-17-6-4-5-16(13-17)19(24)22-14-15-9-11-23(12-10-15)20(25)26-18-7-2-1-3-8-18/h1-8,13,15H,9-12,14H2,(H,22,24). The van der Waals surface area contributed by atoms with Gasteiger partial charge in [0.2, 0.25) is 0 Å². The third-order valence-electron chi connectivity index (χ3n) is 4.46. The van der Waals surface area contributed by atoms with Gasteiger partial charge >= 0.3 is 6.09 Å². The zero-order valence-corrected chi connectivity index (χ0v) is 14.4. The molecule has 5 nitrogen and oxygen atoms in total. The minimum absolute atomic E-state index is 0.282. The Bertz CT molecular complexity index is 759. The van der Waals surface area contributed by atoms with Crippen LogP contribution in [0, 0.1) is 11.7 Å². The van der Waals surface area contributed by atoms with Crippen molar-refractivity contribution in [1.82, 2.24) is 10.2 Å². The number of rotatable bonds is 4. The third-order valence-corrected chi connectivity index (χ3v) is 4.46. The summed E-state index contributed by atoms with van der Waals surface area (Å²) in [6, 6.07) is 14.6. The molecule has 1 aliphatic heterocycles. The molecule has 26 heavy (non-hydrogen) atoms. The molecular weight excluding hydrogens is 335 g/mol. The average molecular weight is 356 g/mol. The Balaban J connectivity index is 1.42. The summed E-state index contributed by atoms with van der Waals surface area (Å²) in [6.45, 7) is 1.69. The monoisotopic (exact) mass is 356 g/mol. The molecule has 136 valence electrons. The summed E-state index contributed by atoms with van der Waals surface area (Å²) in [5.74, 6) is 0.105. The maximum Gasteiger partial charge on any atom is 0.415 e. The normalized spacial score (nSPS) is 14.7. The first-order valence-corrected chi connectivity index (χ1v) is 8.67. The van der Waals surface area contributed by atoms with Crippen molar-refractivity contribution in [3.8, 4) is 5.75 Å². The summed E-state index contributed by atoms with van der Waals surface area (Å²) in [6.07, 6.45) is 1.22. The van der Waals surface area contributed by atoms with Crippen molar-refractivity contribution in [2.45, 2.75) is 12.8 Å². The van der Waals surface area contributed by atoms with E-state index in [-0.39, 0.29) is 17.9 Å². The van der Waals surface area contributed by atoms with E-state index in [9.17, 15) is 14.0 Å². The summed E-state index contributed by atoms with van der Waals surface area (Å²) in [5.41, 5.74) is 0.314. The van der Waals surface area contributed by atoms with Gasteiger partial charge in [0.15, 0.2) is 0 Å². The van der Waals surface area contributed by atoms with Crippen molar-refractivity contribution in [2.75, 3.05) is 19.6 Å². The van der Waals surface area contributed by atoms with Gasteiger partial charge in [-0.2, -0.15) is 0 Å². The summed E-state index contributed by atoms with van der Waals surface area (Å²) in [5, 5.41) is 2.84. The molecule has 2 aromatic carbocycles. The number of carbonyl (C=O) groups excluding carboxylic acids is 2. The molecule has 1 fully saturated rings. The van der Waals surface area contributed by atoms with E-state index >= 15 is 0 Å². The van der Waals surface area contributed by atoms with Gasteiger partial charge in [-0.25, -0.2) is 9.18 Å². The van der Waals surface area contributed by atoms with Crippen LogP contribution < -0.4 is 10.1 Å². The lowest BCUT2D eigenvalue weighted by atomic mass is 9.97. The molecule has 1 aliphatic rings. The first-order valence-electron chi connectivity index (χ1n) is 8.67. The smallest absolute Gasteiger partial charge is 0.410 e. The van der Waals surface area contributed by atoms with Crippen LogP contribution >= 0.6 is 0 Å². The van der Waals surface area contributed by atoms with E-state index in [0.717, 1.165) is 12.8 Å². The van der Waals surface area contributed by atoms with Crippen LogP contribution in [0.3, 0.4) is 0 Å². The Morgan fingerprint density at radius 3 is 2.50 bits per heavy atom. The maximum atomic E-state index is 13.2. The van der Waals surface area contributed by atoms with Crippen LogP contribution in [-0.2, 0) is 0 Å². The highest BCUT2D eigenvalue weighted by Gasteiger charge is 2.24. The average Bonchev–Trinajstić information content (AvgIpc) is 2.67. The lowest BCUT2D eigenvalue weighted by Gasteiger charge is -2.31. The van der Waals surface area contributed by atoms with Gasteiger partial charge in [0.1, 0.15) is 11.6 Å². The van der Waals surface area contributed by atoms with Crippen LogP contribution in [0.2, 0.25) is 0 Å². The summed E-state index contributed by atoms with van der Waals surface area (Å²) in [7, 11) is 0. The Morgan fingerprint density at radius 2 is 1.81 bits per heavy atom. The van der Waals surface area contributed by atoms with Gasteiger partial charge in [-0.05, 0) is 49.1 Å². The largest absolute Gasteiger partial charge is 0.415 e. The molecule has 1 N–H and O–H groups in total. The zero-order chi connectivity index (χ0) is 18.4. The number of benzene rings is 2. The number of halogens is 1. The van der Waals surface area contributed by atoms with Gasteiger partial charge in [-0.1, -0.05) is 24.3 Å². The van der Waals surface area contributed by atoms with E-state index in [4.69, 9.17) is 4.74 Å². The van der Waals surface area contributed by atoms with Crippen molar-refractivity contribution in [2.24, 2.45) is 5.92 Å². The number of carbonyl (C=O) groups is 2. The van der Waals surface area contributed by atoms with Crippen molar-refractivity contribution >= 4 is 12.0 Å². The van der Waals surface area contributed by atoms with Crippen LogP contribution in [0.25, 0.3) is 0 Å². The number of hydrogen-bond acceptors (Lipinski definition) is 3. The number of likely N-dealkylation sites (tertiary alicyclic amines) is 1. The van der Waals surface area contributed by atoms with Crippen molar-refractivity contribution in [1.29, 1.82) is 0 Å². The minimum Gasteiger partial charge on any atom is -0.410 e. The lowest BCUT2D eigenvalue weighted by Crippen LogP contribution is -2.42. The van der Waals surface area contributed by atoms with Gasteiger partial charge < -0.3 is 15.0 Å². The van der Waals surface area contributed by atoms with E-state index < -0.39 is 5.82 Å². The van der Waals surface area contributed by atoms with Gasteiger partial charge in [-0.15, -0.1) is 0 Å². The summed E-state index contributed by atoms with van der Waals surface area (Å²) < 4.78 is 18.5. The van der Waals surface area contributed by atoms with Crippen LogP contribution in [0.15, 0.2) is 54.6 Å². The number of hydrogen-bond donors (Lipinski definition) is 1. The fourth-order valence-corrected chi connectivity index (χ4v) is 2.94. The topological polar surface area (TPSA) is 58.6 Å². The van der Waals surface area contributed by atoms with Crippen LogP contribution in [-0.4, -0.2) is 36.5 Å². The molecule has 0 spiro atoms. The second kappa shape index (κ2) is 8.47. The second-order valence-electron chi connectivity index (χ2n) is 6.33. The molecule has 0 unspecified atom stereocenters. The van der Waals surface area contributed by atoms with E-state index in [1.165, 1.54) is 18.2 Å². The first-order chi connectivity index (χ1) is 12.6. The molecule has 2 amide bonds. The highest BCUT2D eigenvalue weighted by atomic mass is 19.1. The van der Waals surface area contributed by atoms with Crippen molar-refractivity contribution in [3.63, 3.8) is 0 Å². The van der Waals surface area contributed by atoms with Crippen molar-refractivity contribution in [3.05, 3.63) is 66.0 Å². The summed E-state index contributed by atoms with van der Waals surface area (Å²) >= 11 is 0. The van der Waals surface area contributed by atoms with Crippen molar-refractivity contribution < 1.29 is 18.7 Å². The fourth-order valence-electron chi connectivity index (χ4n) is 2.94. The first kappa shape index (κ1) is 17.9. The molecule has 0 atom stereocenters. The molecule has 0 bridgehead atoms. The highest BCUT2D eigenvalue weighted by molar-refractivity contribution is 5.94. The molecule has 0 aliphatic carbocycles. The Morgan fingerprint density at radius 1 is 1.08 bits per heavy atom. The third kappa shape index (κ3) is 4.81. The highest BCUT2D eigenvalue weighted by Crippen LogP contribution is 2.18. The van der Waals surface area contributed by atoms with E-state index in [2.05, 4.69) is 5.32 Å². The van der Waals surface area contributed by atoms with Gasteiger partial charge in [-0.3, -0.25) is 4.79 Å². The van der Waals surface area contributed by atoms with Gasteiger partial charge in [0, 0.05) is 25.2 Å². The van der Waals surface area contributed by atoms with Gasteiger partial charge in [0.05, 0.1) is 0 Å². The molecule has 0 radical (unpaired) electrons. The molecular formula is C20H21FN2O3. The summed E-state index contributed by atoms with van der Waals surface area (Å²) in [4.78, 5) is 25.9. The lowest BCUT2D eigenvalue weighted by molar-refractivity contribution is 0.0931. The SMILES string of the molecule is O=C(NCC1CCN(C(=O)Oc2ccccc2)CC1)c1cccc(F)c1. The number of amides is 2. The maximum absolute atomic E-state index is 13.2.